The molecule has 7 N–H and O–H groups in total. The van der Waals surface area contributed by atoms with Gasteiger partial charge in [-0.25, -0.2) is 8.42 Å². The van der Waals surface area contributed by atoms with Crippen molar-refractivity contribution in [3.63, 3.8) is 0 Å². The third-order valence-corrected chi connectivity index (χ3v) is 12.2. The Morgan fingerprint density at radius 2 is 1.75 bits per heavy atom. The van der Waals surface area contributed by atoms with Crippen molar-refractivity contribution in [1.29, 1.82) is 0 Å². The van der Waals surface area contributed by atoms with Crippen molar-refractivity contribution in [2.75, 3.05) is 12.4 Å². The number of nitrogens with one attached hydrogen (secondary N) is 1. The predicted molar refractivity (Wildman–Crippen MR) is 139 cm³/mol. The van der Waals surface area contributed by atoms with Gasteiger partial charge in [-0.3, -0.25) is 4.79 Å². The minimum atomic E-state index is -4.62. The van der Waals surface area contributed by atoms with E-state index >= 15 is 0 Å². The second kappa shape index (κ2) is 12.3. The fourth-order valence-corrected chi connectivity index (χ4v) is 10.3. The first-order chi connectivity index (χ1) is 18.0. The van der Waals surface area contributed by atoms with E-state index in [9.17, 15) is 48.4 Å². The average Bonchev–Trinajstić information content (AvgIpc) is 3.03. The van der Waals surface area contributed by atoms with Crippen LogP contribution < -0.4 is 34.9 Å². The maximum absolute atomic E-state index is 12.5. The van der Waals surface area contributed by atoms with Crippen molar-refractivity contribution in [1.82, 2.24) is 5.32 Å². The summed E-state index contributed by atoms with van der Waals surface area (Å²) in [4.78, 5) is 12.5. The Kier molecular flexibility index (Phi) is 10.6. The molecule has 0 heterocycles. The molecule has 0 aromatic carbocycles. The first-order valence-corrected chi connectivity index (χ1v) is 15.8. The van der Waals surface area contributed by atoms with Crippen LogP contribution in [0, 0.1) is 40.4 Å². The Bertz CT molecular complexity index is 1030. The van der Waals surface area contributed by atoms with Crippen molar-refractivity contribution < 1.29 is 78.0 Å². The van der Waals surface area contributed by atoms with Gasteiger partial charge in [0.15, 0.2) is 0 Å². The SMILES string of the molecule is C[C@H](CCC(=O)N[C@@H](CO)CS(=O)(=O)[O-])[C@H]1[C@@H](O)[C@H](O)C2C3C[C@@H](O)[C@@]4(O)C[C@@H](O)CC[C@]4(C)C3CC[C@@]21C.[Na+]. The fraction of sp³-hybridized carbons (Fsp3) is 0.963. The molecule has 0 spiro atoms. The molecule has 4 aliphatic carbocycles. The van der Waals surface area contributed by atoms with Crippen molar-refractivity contribution >= 4 is 16.0 Å². The molecule has 3 unspecified atom stereocenters. The molecule has 0 aromatic rings. The van der Waals surface area contributed by atoms with Crippen molar-refractivity contribution in [3.05, 3.63) is 0 Å². The van der Waals surface area contributed by atoms with Crippen LogP contribution in [0.2, 0.25) is 0 Å². The number of rotatable bonds is 8. The molecule has 13 heteroatoms. The van der Waals surface area contributed by atoms with Crippen LogP contribution in [0.3, 0.4) is 0 Å². The Hall–Kier alpha value is 0.140. The summed E-state index contributed by atoms with van der Waals surface area (Å²) in [6.45, 7) is 5.29. The van der Waals surface area contributed by atoms with Gasteiger partial charge in [0.2, 0.25) is 5.91 Å². The number of fused-ring (bicyclic) bond motifs is 5. The van der Waals surface area contributed by atoms with E-state index in [2.05, 4.69) is 12.2 Å². The summed E-state index contributed by atoms with van der Waals surface area (Å²) >= 11 is 0. The third kappa shape index (κ3) is 5.94. The van der Waals surface area contributed by atoms with Crippen LogP contribution >= 0.6 is 0 Å². The normalized spacial score (nSPS) is 46.2. The Morgan fingerprint density at radius 3 is 2.35 bits per heavy atom. The quantitative estimate of drug-likeness (QED) is 0.108. The van der Waals surface area contributed by atoms with E-state index in [1.807, 2.05) is 13.8 Å². The summed E-state index contributed by atoms with van der Waals surface area (Å²) < 4.78 is 33.0. The van der Waals surface area contributed by atoms with Crippen LogP contribution in [0.4, 0.5) is 0 Å². The van der Waals surface area contributed by atoms with Gasteiger partial charge in [-0.2, -0.15) is 0 Å². The van der Waals surface area contributed by atoms with Gasteiger partial charge in [0, 0.05) is 18.3 Å². The topological polar surface area (TPSA) is 208 Å². The van der Waals surface area contributed by atoms with E-state index in [1.54, 1.807) is 0 Å². The molecule has 4 rings (SSSR count). The molecular formula is C27H46NNaO10S. The zero-order valence-electron chi connectivity index (χ0n) is 24.1. The Morgan fingerprint density at radius 1 is 1.10 bits per heavy atom. The van der Waals surface area contributed by atoms with E-state index < -0.39 is 75.3 Å². The van der Waals surface area contributed by atoms with Crippen molar-refractivity contribution in [2.45, 2.75) is 108 Å². The second-order valence-electron chi connectivity index (χ2n) is 13.5. The summed E-state index contributed by atoms with van der Waals surface area (Å²) in [6, 6.07) is -1.19. The monoisotopic (exact) mass is 599 g/mol. The van der Waals surface area contributed by atoms with Gasteiger partial charge < -0.3 is 40.5 Å². The molecule has 0 aromatic heterocycles. The molecule has 1 amide bonds. The van der Waals surface area contributed by atoms with E-state index in [-0.39, 0.29) is 78.4 Å². The van der Waals surface area contributed by atoms with Crippen LogP contribution in [0.25, 0.3) is 0 Å². The molecule has 4 saturated carbocycles. The zero-order chi connectivity index (χ0) is 29.1. The van der Waals surface area contributed by atoms with Crippen LogP contribution in [-0.2, 0) is 14.9 Å². The number of carbonyl (C=O) groups is 1. The first-order valence-electron chi connectivity index (χ1n) is 14.3. The molecule has 226 valence electrons. The second-order valence-corrected chi connectivity index (χ2v) is 15.0. The molecule has 0 bridgehead atoms. The largest absolute Gasteiger partial charge is 1.00 e. The van der Waals surface area contributed by atoms with Gasteiger partial charge in [0.05, 0.1) is 58.5 Å². The zero-order valence-corrected chi connectivity index (χ0v) is 26.9. The third-order valence-electron chi connectivity index (χ3n) is 11.4. The van der Waals surface area contributed by atoms with Gasteiger partial charge in [0.1, 0.15) is 0 Å². The summed E-state index contributed by atoms with van der Waals surface area (Å²) in [7, 11) is -4.62. The Balaban J connectivity index is 0.00000441. The number of hydrogen-bond donors (Lipinski definition) is 7. The fourth-order valence-electron chi connectivity index (χ4n) is 9.60. The summed E-state index contributed by atoms with van der Waals surface area (Å²) in [5, 5.41) is 67.5. The number of aliphatic hydroxyl groups is 6. The summed E-state index contributed by atoms with van der Waals surface area (Å²) in [6.07, 6.45) is -0.465. The van der Waals surface area contributed by atoms with Crippen LogP contribution in [0.1, 0.15) is 72.1 Å². The maximum Gasteiger partial charge on any atom is 1.00 e. The molecular weight excluding hydrogens is 553 g/mol. The van der Waals surface area contributed by atoms with Crippen LogP contribution in [0.15, 0.2) is 0 Å². The first kappa shape index (κ1) is 34.6. The molecule has 40 heavy (non-hydrogen) atoms. The Labute approximate surface area is 259 Å². The maximum atomic E-state index is 12.5. The molecule has 4 aliphatic rings. The van der Waals surface area contributed by atoms with Gasteiger partial charge in [-0.1, -0.05) is 20.8 Å². The van der Waals surface area contributed by atoms with Crippen LogP contribution in [0.5, 0.6) is 0 Å². The van der Waals surface area contributed by atoms with Crippen molar-refractivity contribution in [2.24, 2.45) is 40.4 Å². The van der Waals surface area contributed by atoms with Gasteiger partial charge >= 0.3 is 29.6 Å². The van der Waals surface area contributed by atoms with E-state index in [1.165, 1.54) is 0 Å². The van der Waals surface area contributed by atoms with E-state index in [0.29, 0.717) is 25.7 Å². The number of hydrogen-bond acceptors (Lipinski definition) is 10. The van der Waals surface area contributed by atoms with E-state index in [4.69, 9.17) is 0 Å². The summed E-state index contributed by atoms with van der Waals surface area (Å²) in [5.41, 5.74) is -2.50. The van der Waals surface area contributed by atoms with E-state index in [0.717, 1.165) is 6.42 Å². The van der Waals surface area contributed by atoms with Gasteiger partial charge in [-0.05, 0) is 73.5 Å². The smallest absolute Gasteiger partial charge is 0.748 e. The molecule has 4 fully saturated rings. The minimum absolute atomic E-state index is 0. The number of carbonyl (C=O) groups excluding carboxylic acids is 1. The van der Waals surface area contributed by atoms with Gasteiger partial charge in [0.25, 0.3) is 0 Å². The molecule has 0 radical (unpaired) electrons. The molecule has 0 aliphatic heterocycles. The molecule has 0 saturated heterocycles. The van der Waals surface area contributed by atoms with Crippen molar-refractivity contribution in [3.8, 4) is 0 Å². The number of amides is 1. The number of aliphatic hydroxyl groups excluding tert-OH is 5. The standard InChI is InChI=1S/C27H47NO10S.Na/c1-14(4-5-20(32)28-15(12-29)13-39(36,37)38)21-23(33)24(34)22-17-10-19(31)27(35)11-16(30)6-9-26(27,3)18(17)7-8-25(21,22)2;/h14-19,21-24,29-31,33-35H,4-13H2,1-3H3,(H,28,32)(H,36,37,38);/q;+1/p-1/t14-,15+,16+,17?,18?,19-,21+,22?,23-,24-,25-,26-,27+;/m1./s1. The summed E-state index contributed by atoms with van der Waals surface area (Å²) in [5.74, 6) is -2.34. The molecule has 13 atom stereocenters. The average molecular weight is 600 g/mol. The predicted octanol–water partition coefficient (Wildman–Crippen LogP) is -3.52. The minimum Gasteiger partial charge on any atom is -0.748 e. The molecule has 11 nitrogen and oxygen atoms in total. The van der Waals surface area contributed by atoms with Crippen LogP contribution in [-0.4, -0.2) is 97.9 Å². The van der Waals surface area contributed by atoms with Gasteiger partial charge in [-0.15, -0.1) is 0 Å².